The molecular weight excluding hydrogens is 345 g/mol. The number of nitrogens with zero attached hydrogens (tertiary/aromatic N) is 1. The highest BCUT2D eigenvalue weighted by Gasteiger charge is 2.32. The standard InChI is InChI=1S/C16H16ClF3N2O2/c1-15(2,10-6-13(17)22-14(21)7-10)9-4-11(23-3)8-12(5-9)24-16(18,19)20/h4-8H,1-3H3,(H2,21,22). The Morgan fingerprint density at radius 1 is 1.00 bits per heavy atom. The van der Waals surface area contributed by atoms with Crippen molar-refractivity contribution < 1.29 is 22.6 Å². The lowest BCUT2D eigenvalue weighted by Crippen LogP contribution is -2.21. The van der Waals surface area contributed by atoms with Crippen molar-refractivity contribution in [3.63, 3.8) is 0 Å². The highest BCUT2D eigenvalue weighted by Crippen LogP contribution is 2.38. The highest BCUT2D eigenvalue weighted by molar-refractivity contribution is 6.29. The minimum atomic E-state index is -4.79. The monoisotopic (exact) mass is 360 g/mol. The number of anilines is 1. The Morgan fingerprint density at radius 2 is 1.58 bits per heavy atom. The van der Waals surface area contributed by atoms with E-state index >= 15 is 0 Å². The van der Waals surface area contributed by atoms with Crippen LogP contribution in [0, 0.1) is 0 Å². The summed E-state index contributed by atoms with van der Waals surface area (Å²) < 4.78 is 46.7. The Hall–Kier alpha value is -2.15. The molecule has 0 aliphatic heterocycles. The lowest BCUT2D eigenvalue weighted by molar-refractivity contribution is -0.274. The van der Waals surface area contributed by atoms with Crippen molar-refractivity contribution in [2.75, 3.05) is 12.8 Å². The van der Waals surface area contributed by atoms with E-state index in [1.54, 1.807) is 18.2 Å². The molecule has 0 atom stereocenters. The van der Waals surface area contributed by atoms with E-state index in [4.69, 9.17) is 22.1 Å². The van der Waals surface area contributed by atoms with Crippen molar-refractivity contribution in [2.45, 2.75) is 25.6 Å². The zero-order valence-electron chi connectivity index (χ0n) is 13.2. The van der Waals surface area contributed by atoms with E-state index in [0.29, 0.717) is 11.1 Å². The fourth-order valence-corrected chi connectivity index (χ4v) is 2.50. The zero-order valence-corrected chi connectivity index (χ0v) is 14.0. The van der Waals surface area contributed by atoms with Gasteiger partial charge in [0.25, 0.3) is 0 Å². The second kappa shape index (κ2) is 6.39. The molecule has 2 N–H and O–H groups in total. The topological polar surface area (TPSA) is 57.4 Å². The number of ether oxygens (including phenoxy) is 2. The molecule has 2 rings (SSSR count). The summed E-state index contributed by atoms with van der Waals surface area (Å²) in [7, 11) is 1.37. The average molecular weight is 361 g/mol. The number of methoxy groups -OCH3 is 1. The second-order valence-corrected chi connectivity index (χ2v) is 6.06. The van der Waals surface area contributed by atoms with Gasteiger partial charge in [0.2, 0.25) is 0 Å². The van der Waals surface area contributed by atoms with E-state index in [2.05, 4.69) is 9.72 Å². The number of pyridine rings is 1. The third-order valence-electron chi connectivity index (χ3n) is 3.61. The number of hydrogen-bond acceptors (Lipinski definition) is 4. The largest absolute Gasteiger partial charge is 0.573 e. The van der Waals surface area contributed by atoms with Crippen LogP contribution in [0.5, 0.6) is 11.5 Å². The predicted molar refractivity (Wildman–Crippen MR) is 85.5 cm³/mol. The van der Waals surface area contributed by atoms with Gasteiger partial charge in [-0.15, -0.1) is 13.2 Å². The number of hydrogen-bond donors (Lipinski definition) is 1. The Bertz CT molecular complexity index is 728. The first-order valence-corrected chi connectivity index (χ1v) is 7.28. The lowest BCUT2D eigenvalue weighted by atomic mass is 9.78. The molecule has 0 spiro atoms. The Morgan fingerprint density at radius 3 is 2.12 bits per heavy atom. The summed E-state index contributed by atoms with van der Waals surface area (Å²) in [5.41, 5.74) is 6.24. The van der Waals surface area contributed by atoms with Crippen molar-refractivity contribution in [1.29, 1.82) is 0 Å². The molecule has 0 radical (unpaired) electrons. The summed E-state index contributed by atoms with van der Waals surface area (Å²) in [6.45, 7) is 3.65. The molecule has 0 amide bonds. The predicted octanol–water partition coefficient (Wildman–Crippen LogP) is 4.55. The maximum atomic E-state index is 12.5. The van der Waals surface area contributed by atoms with Crippen molar-refractivity contribution >= 4 is 17.4 Å². The van der Waals surface area contributed by atoms with Crippen LogP contribution < -0.4 is 15.2 Å². The molecule has 24 heavy (non-hydrogen) atoms. The smallest absolute Gasteiger partial charge is 0.497 e. The summed E-state index contributed by atoms with van der Waals surface area (Å²) in [5.74, 6) is 0.103. The quantitative estimate of drug-likeness (QED) is 0.813. The Labute approximate surface area is 142 Å². The first-order valence-electron chi connectivity index (χ1n) is 6.90. The van der Waals surface area contributed by atoms with E-state index in [0.717, 1.165) is 0 Å². The van der Waals surface area contributed by atoms with Gasteiger partial charge in [0.1, 0.15) is 22.5 Å². The van der Waals surface area contributed by atoms with Gasteiger partial charge in [-0.2, -0.15) is 0 Å². The molecule has 0 aliphatic rings. The van der Waals surface area contributed by atoms with E-state index < -0.39 is 11.8 Å². The third-order valence-corrected chi connectivity index (χ3v) is 3.80. The molecule has 130 valence electrons. The number of alkyl halides is 3. The number of nitrogen functional groups attached to an aromatic ring is 1. The molecule has 8 heteroatoms. The summed E-state index contributed by atoms with van der Waals surface area (Å²) in [5, 5.41) is 0.202. The van der Waals surface area contributed by atoms with Crippen molar-refractivity contribution in [1.82, 2.24) is 4.98 Å². The van der Waals surface area contributed by atoms with Gasteiger partial charge in [0.15, 0.2) is 0 Å². The zero-order chi connectivity index (χ0) is 18.1. The van der Waals surface area contributed by atoms with Crippen molar-refractivity contribution in [2.24, 2.45) is 0 Å². The van der Waals surface area contributed by atoms with E-state index in [-0.39, 0.29) is 22.5 Å². The van der Waals surface area contributed by atoms with E-state index in [9.17, 15) is 13.2 Å². The molecule has 1 aromatic carbocycles. The number of halogens is 4. The fraction of sp³-hybridized carbons (Fsp3) is 0.312. The van der Waals surface area contributed by atoms with E-state index in [1.807, 2.05) is 13.8 Å². The van der Waals surface area contributed by atoms with Crippen LogP contribution in [0.4, 0.5) is 19.0 Å². The highest BCUT2D eigenvalue weighted by atomic mass is 35.5. The first-order chi connectivity index (χ1) is 11.0. The normalized spacial score (nSPS) is 12.1. The SMILES string of the molecule is COc1cc(OC(F)(F)F)cc(C(C)(C)c2cc(N)nc(Cl)c2)c1. The van der Waals surface area contributed by atoms with Gasteiger partial charge in [-0.05, 0) is 35.4 Å². The first kappa shape index (κ1) is 18.2. The molecule has 1 heterocycles. The average Bonchev–Trinajstić information content (AvgIpc) is 2.44. The summed E-state index contributed by atoms with van der Waals surface area (Å²) in [6, 6.07) is 7.34. The van der Waals surface area contributed by atoms with Gasteiger partial charge >= 0.3 is 6.36 Å². The fourth-order valence-electron chi connectivity index (χ4n) is 2.29. The van der Waals surface area contributed by atoms with Crippen LogP contribution in [0.1, 0.15) is 25.0 Å². The molecule has 0 fully saturated rings. The number of rotatable bonds is 4. The van der Waals surface area contributed by atoms with Crippen LogP contribution >= 0.6 is 11.6 Å². The van der Waals surface area contributed by atoms with Crippen molar-refractivity contribution in [3.8, 4) is 11.5 Å². The van der Waals surface area contributed by atoms with Crippen LogP contribution in [0.2, 0.25) is 5.15 Å². The lowest BCUT2D eigenvalue weighted by Gasteiger charge is -2.27. The number of aromatic nitrogens is 1. The molecule has 0 unspecified atom stereocenters. The van der Waals surface area contributed by atoms with Crippen LogP contribution in [0.25, 0.3) is 0 Å². The van der Waals surface area contributed by atoms with Gasteiger partial charge < -0.3 is 15.2 Å². The number of benzene rings is 1. The van der Waals surface area contributed by atoms with Crippen molar-refractivity contribution in [3.05, 3.63) is 46.6 Å². The van der Waals surface area contributed by atoms with Gasteiger partial charge in [-0.1, -0.05) is 25.4 Å². The number of nitrogens with two attached hydrogens (primary N) is 1. The van der Waals surface area contributed by atoms with Crippen LogP contribution in [0.3, 0.4) is 0 Å². The van der Waals surface area contributed by atoms with Gasteiger partial charge in [0, 0.05) is 11.5 Å². The summed E-state index contributed by atoms with van der Waals surface area (Å²) >= 11 is 5.93. The summed E-state index contributed by atoms with van der Waals surface area (Å²) in [4.78, 5) is 3.89. The molecule has 1 aromatic heterocycles. The van der Waals surface area contributed by atoms with Gasteiger partial charge in [-0.25, -0.2) is 4.98 Å². The second-order valence-electron chi connectivity index (χ2n) is 5.67. The molecule has 4 nitrogen and oxygen atoms in total. The van der Waals surface area contributed by atoms with E-state index in [1.165, 1.54) is 19.2 Å². The van der Waals surface area contributed by atoms with Gasteiger partial charge in [-0.3, -0.25) is 0 Å². The van der Waals surface area contributed by atoms with Crippen LogP contribution in [0.15, 0.2) is 30.3 Å². The molecule has 0 saturated heterocycles. The molecule has 0 bridgehead atoms. The minimum Gasteiger partial charge on any atom is -0.497 e. The summed E-state index contributed by atoms with van der Waals surface area (Å²) in [6.07, 6.45) is -4.79. The van der Waals surface area contributed by atoms with Gasteiger partial charge in [0.05, 0.1) is 7.11 Å². The third kappa shape index (κ3) is 4.23. The molecule has 0 saturated carbocycles. The molecule has 0 aliphatic carbocycles. The molecular formula is C16H16ClF3N2O2. The Kier molecular flexibility index (Phi) is 4.85. The van der Waals surface area contributed by atoms with Crippen LogP contribution in [-0.4, -0.2) is 18.5 Å². The maximum Gasteiger partial charge on any atom is 0.573 e. The molecule has 2 aromatic rings. The van der Waals surface area contributed by atoms with Crippen LogP contribution in [-0.2, 0) is 5.41 Å². The minimum absolute atomic E-state index is 0.202. The maximum absolute atomic E-state index is 12.5. The Balaban J connectivity index is 2.54.